The maximum absolute atomic E-state index is 11.7. The van der Waals surface area contributed by atoms with Crippen molar-refractivity contribution in [2.24, 2.45) is 5.92 Å². The summed E-state index contributed by atoms with van der Waals surface area (Å²) in [5.41, 5.74) is 1.83. The number of nitrogens with zero attached hydrogens (tertiary/aromatic N) is 6. The molecule has 0 amide bonds. The van der Waals surface area contributed by atoms with Crippen molar-refractivity contribution >= 4 is 33.2 Å². The lowest BCUT2D eigenvalue weighted by molar-refractivity contribution is 0.262. The van der Waals surface area contributed by atoms with E-state index in [2.05, 4.69) is 30.6 Å². The molecule has 144 valence electrons. The van der Waals surface area contributed by atoms with Crippen LogP contribution in [0.5, 0.6) is 0 Å². The van der Waals surface area contributed by atoms with Crippen molar-refractivity contribution in [2.45, 2.75) is 19.4 Å². The van der Waals surface area contributed by atoms with Crippen LogP contribution in [0.3, 0.4) is 0 Å². The number of hydrogen-bond donors (Lipinski definition) is 2. The van der Waals surface area contributed by atoms with Crippen molar-refractivity contribution in [1.29, 1.82) is 0 Å². The van der Waals surface area contributed by atoms with Gasteiger partial charge in [0, 0.05) is 30.9 Å². The van der Waals surface area contributed by atoms with Gasteiger partial charge >= 0.3 is 0 Å². The highest BCUT2D eigenvalue weighted by Gasteiger charge is 2.31. The maximum atomic E-state index is 11.7. The second kappa shape index (κ2) is 6.73. The third kappa shape index (κ3) is 3.49. The van der Waals surface area contributed by atoms with Gasteiger partial charge in [-0.25, -0.2) is 17.7 Å². The number of aromatic nitrogens is 6. The minimum Gasteiger partial charge on any atom is -0.350 e. The molecule has 1 fully saturated rings. The average molecular weight is 411 g/mol. The first kappa shape index (κ1) is 18.1. The highest BCUT2D eigenvalue weighted by molar-refractivity contribution is 7.88. The van der Waals surface area contributed by atoms with Gasteiger partial charge in [0.25, 0.3) is 0 Å². The highest BCUT2D eigenvalue weighted by Crippen LogP contribution is 2.28. The third-order valence-electron chi connectivity index (χ3n) is 4.75. The van der Waals surface area contributed by atoms with E-state index in [9.17, 15) is 8.42 Å². The summed E-state index contributed by atoms with van der Waals surface area (Å²) < 4.78 is 26.5. The standard InChI is InChI=1S/C15H19ClN8O2S/c1-9-7-23(27(2,25)26)4-3-11(9)20-15-21-14-12(16)13(10-5-18-19-6-10)17-8-24(14)22-15/h5-6,8-9,11H,3-4,7H2,1-2H3,(H,18,19)(H,20,22). The van der Waals surface area contributed by atoms with E-state index >= 15 is 0 Å². The van der Waals surface area contributed by atoms with Crippen LogP contribution in [0.15, 0.2) is 18.7 Å². The molecule has 0 bridgehead atoms. The first-order chi connectivity index (χ1) is 12.8. The van der Waals surface area contributed by atoms with Crippen molar-refractivity contribution in [2.75, 3.05) is 24.7 Å². The Morgan fingerprint density at radius 2 is 2.22 bits per heavy atom. The van der Waals surface area contributed by atoms with Crippen LogP contribution in [-0.2, 0) is 10.0 Å². The molecule has 1 saturated heterocycles. The van der Waals surface area contributed by atoms with Gasteiger partial charge in [-0.05, 0) is 12.3 Å². The fourth-order valence-corrected chi connectivity index (χ4v) is 4.49. The van der Waals surface area contributed by atoms with Gasteiger partial charge in [-0.3, -0.25) is 5.10 Å². The van der Waals surface area contributed by atoms with E-state index in [1.165, 1.54) is 15.1 Å². The molecule has 0 saturated carbocycles. The Morgan fingerprint density at radius 1 is 1.41 bits per heavy atom. The van der Waals surface area contributed by atoms with E-state index in [1.54, 1.807) is 18.7 Å². The van der Waals surface area contributed by atoms with Crippen molar-refractivity contribution in [3.63, 3.8) is 0 Å². The lowest BCUT2D eigenvalue weighted by atomic mass is 9.95. The number of H-pyrrole nitrogens is 1. The minimum atomic E-state index is -3.17. The molecule has 2 unspecified atom stereocenters. The molecule has 3 aromatic heterocycles. The maximum Gasteiger partial charge on any atom is 0.243 e. The Labute approximate surface area is 161 Å². The van der Waals surface area contributed by atoms with E-state index in [0.29, 0.717) is 41.8 Å². The summed E-state index contributed by atoms with van der Waals surface area (Å²) in [5.74, 6) is 0.558. The number of fused-ring (bicyclic) bond motifs is 1. The van der Waals surface area contributed by atoms with Gasteiger partial charge in [0.05, 0.1) is 18.1 Å². The molecule has 1 aliphatic rings. The SMILES string of the molecule is CC1CN(S(C)(=O)=O)CCC1Nc1nc2c(Cl)c(-c3cn[nH]c3)ncn2n1. The summed E-state index contributed by atoms with van der Waals surface area (Å²) in [7, 11) is -3.17. The Balaban J connectivity index is 1.56. The number of rotatable bonds is 4. The van der Waals surface area contributed by atoms with Crippen LogP contribution in [0.4, 0.5) is 5.95 Å². The topological polar surface area (TPSA) is 121 Å². The van der Waals surface area contributed by atoms with E-state index in [4.69, 9.17) is 11.6 Å². The average Bonchev–Trinajstić information content (AvgIpc) is 3.26. The largest absolute Gasteiger partial charge is 0.350 e. The molecule has 0 aromatic carbocycles. The summed E-state index contributed by atoms with van der Waals surface area (Å²) in [4.78, 5) is 8.81. The molecule has 2 N–H and O–H groups in total. The molecule has 0 radical (unpaired) electrons. The number of anilines is 1. The molecular formula is C15H19ClN8O2S. The van der Waals surface area contributed by atoms with Crippen LogP contribution >= 0.6 is 11.6 Å². The second-order valence-electron chi connectivity index (χ2n) is 6.74. The number of piperidine rings is 1. The van der Waals surface area contributed by atoms with Gasteiger partial charge in [0.1, 0.15) is 11.3 Å². The quantitative estimate of drug-likeness (QED) is 0.663. The van der Waals surface area contributed by atoms with Gasteiger partial charge in [-0.1, -0.05) is 18.5 Å². The molecule has 1 aliphatic heterocycles. The first-order valence-corrected chi connectivity index (χ1v) is 10.7. The Bertz CT molecular complexity index is 1070. The number of sulfonamides is 1. The number of aromatic amines is 1. The van der Waals surface area contributed by atoms with Crippen LogP contribution in [0.1, 0.15) is 13.3 Å². The summed E-state index contributed by atoms with van der Waals surface area (Å²) in [6.45, 7) is 2.95. The van der Waals surface area contributed by atoms with Crippen LogP contribution in [0, 0.1) is 5.92 Å². The summed E-state index contributed by atoms with van der Waals surface area (Å²) in [5, 5.41) is 14.7. The predicted octanol–water partition coefficient (Wildman–Crippen LogP) is 1.25. The first-order valence-electron chi connectivity index (χ1n) is 8.44. The molecule has 10 nitrogen and oxygen atoms in total. The van der Waals surface area contributed by atoms with Gasteiger partial charge in [-0.15, -0.1) is 5.10 Å². The van der Waals surface area contributed by atoms with Gasteiger partial charge in [-0.2, -0.15) is 14.6 Å². The molecule has 0 aliphatic carbocycles. The van der Waals surface area contributed by atoms with Gasteiger partial charge in [0.15, 0.2) is 5.65 Å². The zero-order valence-corrected chi connectivity index (χ0v) is 16.4. The lowest BCUT2D eigenvalue weighted by Crippen LogP contribution is -2.47. The van der Waals surface area contributed by atoms with Crippen LogP contribution in [0.25, 0.3) is 16.9 Å². The normalized spacial score (nSPS) is 21.6. The molecule has 4 heterocycles. The zero-order valence-electron chi connectivity index (χ0n) is 14.8. The second-order valence-corrected chi connectivity index (χ2v) is 9.10. The van der Waals surface area contributed by atoms with Crippen molar-refractivity contribution in [3.05, 3.63) is 23.7 Å². The lowest BCUT2D eigenvalue weighted by Gasteiger charge is -2.35. The van der Waals surface area contributed by atoms with E-state index in [-0.39, 0.29) is 12.0 Å². The summed E-state index contributed by atoms with van der Waals surface area (Å²) in [6, 6.07) is 0.0699. The zero-order chi connectivity index (χ0) is 19.2. The number of hydrogen-bond acceptors (Lipinski definition) is 7. The van der Waals surface area contributed by atoms with E-state index in [1.807, 2.05) is 6.92 Å². The smallest absolute Gasteiger partial charge is 0.243 e. The molecule has 27 heavy (non-hydrogen) atoms. The Morgan fingerprint density at radius 3 is 2.89 bits per heavy atom. The molecule has 4 rings (SSSR count). The molecule has 12 heteroatoms. The fourth-order valence-electron chi connectivity index (χ4n) is 3.26. The van der Waals surface area contributed by atoms with Crippen LogP contribution in [0.2, 0.25) is 5.02 Å². The minimum absolute atomic E-state index is 0.0699. The molecule has 0 spiro atoms. The van der Waals surface area contributed by atoms with Gasteiger partial charge in [0.2, 0.25) is 16.0 Å². The van der Waals surface area contributed by atoms with Gasteiger partial charge < -0.3 is 5.32 Å². The molecular weight excluding hydrogens is 392 g/mol. The number of halogens is 1. The Kier molecular flexibility index (Phi) is 4.52. The van der Waals surface area contributed by atoms with Crippen molar-refractivity contribution < 1.29 is 8.42 Å². The fraction of sp³-hybridized carbons (Fsp3) is 0.467. The predicted molar refractivity (Wildman–Crippen MR) is 101 cm³/mol. The highest BCUT2D eigenvalue weighted by atomic mass is 35.5. The molecule has 2 atom stereocenters. The summed E-state index contributed by atoms with van der Waals surface area (Å²) in [6.07, 6.45) is 6.81. The van der Waals surface area contributed by atoms with E-state index < -0.39 is 10.0 Å². The van der Waals surface area contributed by atoms with Crippen molar-refractivity contribution in [3.8, 4) is 11.3 Å². The number of nitrogens with one attached hydrogen (secondary N) is 2. The van der Waals surface area contributed by atoms with Crippen LogP contribution < -0.4 is 5.32 Å². The monoisotopic (exact) mass is 410 g/mol. The molecule has 3 aromatic rings. The third-order valence-corrected chi connectivity index (χ3v) is 6.37. The van der Waals surface area contributed by atoms with Crippen molar-refractivity contribution in [1.82, 2.24) is 34.1 Å². The van der Waals surface area contributed by atoms with E-state index in [0.717, 1.165) is 5.56 Å². The Hall–Kier alpha value is -2.24. The summed E-state index contributed by atoms with van der Waals surface area (Å²) >= 11 is 6.46. The van der Waals surface area contributed by atoms with Crippen LogP contribution in [-0.4, -0.2) is 67.9 Å².